The van der Waals surface area contributed by atoms with Gasteiger partial charge in [-0.05, 0) is 42.3 Å². The van der Waals surface area contributed by atoms with Crippen LogP contribution in [0.25, 0.3) is 0 Å². The third kappa shape index (κ3) is 3.03. The predicted molar refractivity (Wildman–Crippen MR) is 76.8 cm³/mol. The fourth-order valence-corrected chi connectivity index (χ4v) is 3.03. The van der Waals surface area contributed by atoms with Gasteiger partial charge >= 0.3 is 0 Å². The Labute approximate surface area is 119 Å². The minimum atomic E-state index is -1.33. The van der Waals surface area contributed by atoms with Crippen molar-refractivity contribution in [2.75, 3.05) is 5.73 Å². The zero-order valence-corrected chi connectivity index (χ0v) is 11.7. The summed E-state index contributed by atoms with van der Waals surface area (Å²) >= 11 is 0. The van der Waals surface area contributed by atoms with Crippen molar-refractivity contribution in [1.82, 2.24) is 0 Å². The first-order valence-electron chi connectivity index (χ1n) is 5.94. The van der Waals surface area contributed by atoms with E-state index in [1.54, 1.807) is 18.2 Å². The molecule has 0 saturated carbocycles. The SMILES string of the molecule is Cc1ccc(S(=O)Cc2ccc(F)c(C#N)c2)c(N)c1. The average molecular weight is 288 g/mol. The van der Waals surface area contributed by atoms with Gasteiger partial charge in [0.2, 0.25) is 0 Å². The van der Waals surface area contributed by atoms with E-state index in [0.717, 1.165) is 5.56 Å². The second-order valence-electron chi connectivity index (χ2n) is 4.46. The van der Waals surface area contributed by atoms with Gasteiger partial charge in [-0.1, -0.05) is 12.1 Å². The summed E-state index contributed by atoms with van der Waals surface area (Å²) < 4.78 is 25.5. The highest BCUT2D eigenvalue weighted by Gasteiger charge is 2.11. The molecule has 0 bridgehead atoms. The van der Waals surface area contributed by atoms with E-state index < -0.39 is 16.6 Å². The first-order chi connectivity index (χ1) is 9.51. The average Bonchev–Trinajstić information content (AvgIpc) is 2.40. The lowest BCUT2D eigenvalue weighted by Crippen LogP contribution is -2.02. The van der Waals surface area contributed by atoms with Crippen LogP contribution >= 0.6 is 0 Å². The van der Waals surface area contributed by atoms with Crippen molar-refractivity contribution in [3.05, 3.63) is 58.9 Å². The molecule has 0 fully saturated rings. The summed E-state index contributed by atoms with van der Waals surface area (Å²) in [5.41, 5.74) is 7.92. The second kappa shape index (κ2) is 5.85. The minimum Gasteiger partial charge on any atom is -0.398 e. The lowest BCUT2D eigenvalue weighted by Gasteiger charge is -2.07. The fraction of sp³-hybridized carbons (Fsp3) is 0.133. The Hall–Kier alpha value is -2.19. The maximum atomic E-state index is 13.2. The number of benzene rings is 2. The van der Waals surface area contributed by atoms with Gasteiger partial charge < -0.3 is 5.73 Å². The summed E-state index contributed by atoms with van der Waals surface area (Å²) in [7, 11) is -1.33. The van der Waals surface area contributed by atoms with E-state index in [4.69, 9.17) is 11.0 Å². The first-order valence-corrected chi connectivity index (χ1v) is 7.26. The maximum Gasteiger partial charge on any atom is 0.140 e. The van der Waals surface area contributed by atoms with Gasteiger partial charge in [0, 0.05) is 5.69 Å². The largest absolute Gasteiger partial charge is 0.398 e. The van der Waals surface area contributed by atoms with Crippen molar-refractivity contribution in [2.45, 2.75) is 17.6 Å². The van der Waals surface area contributed by atoms with Crippen LogP contribution in [0.5, 0.6) is 0 Å². The Morgan fingerprint density at radius 1 is 1.30 bits per heavy atom. The number of rotatable bonds is 3. The third-order valence-electron chi connectivity index (χ3n) is 2.86. The van der Waals surface area contributed by atoms with Crippen molar-refractivity contribution in [3.63, 3.8) is 0 Å². The molecule has 5 heteroatoms. The van der Waals surface area contributed by atoms with Crippen molar-refractivity contribution in [1.29, 1.82) is 5.26 Å². The first kappa shape index (κ1) is 14.2. The zero-order chi connectivity index (χ0) is 14.7. The van der Waals surface area contributed by atoms with Gasteiger partial charge in [0.05, 0.1) is 27.0 Å². The quantitative estimate of drug-likeness (QED) is 0.883. The van der Waals surface area contributed by atoms with Crippen LogP contribution in [0.3, 0.4) is 0 Å². The van der Waals surface area contributed by atoms with Crippen LogP contribution < -0.4 is 5.73 Å². The van der Waals surface area contributed by atoms with E-state index in [0.29, 0.717) is 16.1 Å². The van der Waals surface area contributed by atoms with Crippen LogP contribution in [-0.2, 0) is 16.6 Å². The summed E-state index contributed by atoms with van der Waals surface area (Å²) in [5.74, 6) is -0.376. The van der Waals surface area contributed by atoms with Gasteiger partial charge in [0.15, 0.2) is 0 Å². The van der Waals surface area contributed by atoms with Crippen LogP contribution in [-0.4, -0.2) is 4.21 Å². The van der Waals surface area contributed by atoms with Crippen molar-refractivity contribution < 1.29 is 8.60 Å². The van der Waals surface area contributed by atoms with Crippen molar-refractivity contribution >= 4 is 16.5 Å². The van der Waals surface area contributed by atoms with Gasteiger partial charge in [-0.15, -0.1) is 0 Å². The second-order valence-corrected chi connectivity index (χ2v) is 5.88. The standard InChI is InChI=1S/C15H13FN2OS/c1-10-2-5-15(14(18)6-10)20(19)9-11-3-4-13(16)12(7-11)8-17/h2-7H,9,18H2,1H3. The van der Waals surface area contributed by atoms with Crippen molar-refractivity contribution in [3.8, 4) is 6.07 Å². The van der Waals surface area contributed by atoms with Gasteiger partial charge in [-0.25, -0.2) is 4.39 Å². The molecule has 0 aliphatic rings. The summed E-state index contributed by atoms with van der Waals surface area (Å²) in [6.45, 7) is 1.90. The molecule has 0 radical (unpaired) electrons. The molecule has 0 saturated heterocycles. The Balaban J connectivity index is 2.26. The monoisotopic (exact) mass is 288 g/mol. The molecule has 0 amide bonds. The molecule has 102 valence electrons. The molecule has 2 rings (SSSR count). The van der Waals surface area contributed by atoms with Crippen LogP contribution in [0.2, 0.25) is 0 Å². The van der Waals surface area contributed by atoms with E-state index >= 15 is 0 Å². The molecule has 0 aliphatic heterocycles. The molecule has 2 aromatic rings. The highest BCUT2D eigenvalue weighted by molar-refractivity contribution is 7.84. The third-order valence-corrected chi connectivity index (χ3v) is 4.32. The molecule has 2 aromatic carbocycles. The van der Waals surface area contributed by atoms with Gasteiger partial charge in [-0.3, -0.25) is 4.21 Å². The number of hydrogen-bond acceptors (Lipinski definition) is 3. The molecule has 0 aromatic heterocycles. The lowest BCUT2D eigenvalue weighted by atomic mass is 10.1. The van der Waals surface area contributed by atoms with Crippen LogP contribution in [0, 0.1) is 24.1 Å². The molecule has 2 N–H and O–H groups in total. The molecule has 1 unspecified atom stereocenters. The summed E-state index contributed by atoms with van der Waals surface area (Å²) in [5, 5.41) is 8.78. The Morgan fingerprint density at radius 3 is 2.70 bits per heavy atom. The minimum absolute atomic E-state index is 0.0450. The normalized spacial score (nSPS) is 11.8. The molecular formula is C15H13FN2OS. The van der Waals surface area contributed by atoms with E-state index in [9.17, 15) is 8.60 Å². The molecule has 3 nitrogen and oxygen atoms in total. The summed E-state index contributed by atoms with van der Waals surface area (Å²) in [6.07, 6.45) is 0. The van der Waals surface area contributed by atoms with Gasteiger partial charge in [-0.2, -0.15) is 5.26 Å². The highest BCUT2D eigenvalue weighted by atomic mass is 32.2. The smallest absolute Gasteiger partial charge is 0.140 e. The number of nitriles is 1. The van der Waals surface area contributed by atoms with E-state index in [1.165, 1.54) is 18.2 Å². The van der Waals surface area contributed by atoms with Crippen LogP contribution in [0.15, 0.2) is 41.3 Å². The Bertz CT molecular complexity index is 722. The van der Waals surface area contributed by atoms with Gasteiger partial charge in [0.1, 0.15) is 11.9 Å². The van der Waals surface area contributed by atoms with Crippen molar-refractivity contribution in [2.24, 2.45) is 0 Å². The van der Waals surface area contributed by atoms with E-state index in [1.807, 2.05) is 13.0 Å². The number of halogens is 1. The zero-order valence-electron chi connectivity index (χ0n) is 10.9. The van der Waals surface area contributed by atoms with E-state index in [2.05, 4.69) is 0 Å². The molecule has 1 atom stereocenters. The Kier molecular flexibility index (Phi) is 4.16. The molecule has 0 heterocycles. The fourth-order valence-electron chi connectivity index (χ4n) is 1.85. The number of anilines is 1. The number of hydrogen-bond donors (Lipinski definition) is 1. The number of nitrogen functional groups attached to an aromatic ring is 1. The highest BCUT2D eigenvalue weighted by Crippen LogP contribution is 2.21. The topological polar surface area (TPSA) is 66.9 Å². The predicted octanol–water partition coefficient (Wildman–Crippen LogP) is 2.90. The van der Waals surface area contributed by atoms with E-state index in [-0.39, 0.29) is 11.3 Å². The van der Waals surface area contributed by atoms with Crippen LogP contribution in [0.4, 0.5) is 10.1 Å². The molecule has 0 aliphatic carbocycles. The molecular weight excluding hydrogens is 275 g/mol. The molecule has 20 heavy (non-hydrogen) atoms. The van der Waals surface area contributed by atoms with Crippen LogP contribution in [0.1, 0.15) is 16.7 Å². The summed E-state index contributed by atoms with van der Waals surface area (Å²) in [6, 6.07) is 11.3. The number of nitrogens with two attached hydrogens (primary N) is 1. The van der Waals surface area contributed by atoms with Gasteiger partial charge in [0.25, 0.3) is 0 Å². The number of nitrogens with zero attached hydrogens (tertiary/aromatic N) is 1. The lowest BCUT2D eigenvalue weighted by molar-refractivity contribution is 0.623. The maximum absolute atomic E-state index is 13.2. The molecule has 0 spiro atoms. The Morgan fingerprint density at radius 2 is 2.05 bits per heavy atom. The number of aryl methyl sites for hydroxylation is 1. The summed E-state index contributed by atoms with van der Waals surface area (Å²) in [4.78, 5) is 0.554.